The molecule has 1 N–H and O–H groups in total. The maximum atomic E-state index is 11.9. The lowest BCUT2D eigenvalue weighted by Gasteiger charge is -2.23. The summed E-state index contributed by atoms with van der Waals surface area (Å²) < 4.78 is 24.1. The van der Waals surface area contributed by atoms with Crippen LogP contribution >= 0.6 is 0 Å². The van der Waals surface area contributed by atoms with Gasteiger partial charge in [0.2, 0.25) is 0 Å². The quantitative estimate of drug-likeness (QED) is 0.826. The van der Waals surface area contributed by atoms with E-state index < -0.39 is 23.9 Å². The zero-order valence-electron chi connectivity index (χ0n) is 13.0. The van der Waals surface area contributed by atoms with Gasteiger partial charge in [0.25, 0.3) is 5.56 Å². The molecule has 4 atom stereocenters. The average Bonchev–Trinajstić information content (AvgIpc) is 2.90. The Bertz CT molecular complexity index is 679. The maximum Gasteiger partial charge on any atom is 0.328 e. The van der Waals surface area contributed by atoms with Gasteiger partial charge in [-0.15, -0.1) is 0 Å². The highest BCUT2D eigenvalue weighted by atomic mass is 16.8. The van der Waals surface area contributed by atoms with Crippen molar-refractivity contribution < 1.29 is 18.9 Å². The summed E-state index contributed by atoms with van der Waals surface area (Å²) in [6.07, 6.45) is -0.111. The first-order valence-electron chi connectivity index (χ1n) is 7.15. The summed E-state index contributed by atoms with van der Waals surface area (Å²) >= 11 is 0. The lowest BCUT2D eigenvalue weighted by molar-refractivity contribution is -0.228. The van der Waals surface area contributed by atoms with Gasteiger partial charge in [0, 0.05) is 18.9 Å². The highest BCUT2D eigenvalue weighted by molar-refractivity contribution is 5.02. The number of methoxy groups -OCH3 is 1. The van der Waals surface area contributed by atoms with E-state index in [2.05, 4.69) is 4.98 Å². The number of ether oxygens (including phenoxy) is 4. The molecule has 0 radical (unpaired) electrons. The van der Waals surface area contributed by atoms with E-state index in [4.69, 9.17) is 18.9 Å². The van der Waals surface area contributed by atoms with E-state index in [9.17, 15) is 9.59 Å². The van der Waals surface area contributed by atoms with E-state index in [0.717, 1.165) is 0 Å². The number of hydrogen-bond acceptors (Lipinski definition) is 6. The summed E-state index contributed by atoms with van der Waals surface area (Å²) in [5.41, 5.74) is -0.404. The highest BCUT2D eigenvalue weighted by Gasteiger charge is 2.55. The molecule has 3 heterocycles. The van der Waals surface area contributed by atoms with E-state index in [1.807, 2.05) is 13.8 Å². The predicted octanol–water partition coefficient (Wildman–Crippen LogP) is -0.264. The zero-order chi connectivity index (χ0) is 16.1. The standard InChI is InChI=1S/C14H20N2O6/c1-7-5-16(13(18)15-11(7)17)6-8-9-10(12(19-4)20-8)22-14(2,3)21-9/h5,8-10,12H,6H2,1-4H3,(H,15,17,18)/t8-,9-,10-,12-/m1/s1. The molecule has 8 heteroatoms. The molecule has 0 aromatic carbocycles. The SMILES string of the molecule is CO[C@@H]1O[C@H](Cn2cc(C)c(=O)[nH]c2=O)[C@H]2OC(C)(C)O[C@@H]12. The second-order valence-electron chi connectivity index (χ2n) is 6.07. The van der Waals surface area contributed by atoms with Gasteiger partial charge < -0.3 is 18.9 Å². The van der Waals surface area contributed by atoms with Gasteiger partial charge in [0.15, 0.2) is 12.1 Å². The van der Waals surface area contributed by atoms with Crippen LogP contribution in [0.4, 0.5) is 0 Å². The van der Waals surface area contributed by atoms with Gasteiger partial charge in [-0.2, -0.15) is 0 Å². The van der Waals surface area contributed by atoms with Gasteiger partial charge in [0.05, 0.1) is 6.54 Å². The number of aromatic amines is 1. The summed E-state index contributed by atoms with van der Waals surface area (Å²) in [6.45, 7) is 5.54. The normalized spacial score (nSPS) is 33.1. The van der Waals surface area contributed by atoms with Crippen LogP contribution in [0.15, 0.2) is 15.8 Å². The van der Waals surface area contributed by atoms with Gasteiger partial charge in [-0.25, -0.2) is 4.79 Å². The van der Waals surface area contributed by atoms with Crippen LogP contribution in [0, 0.1) is 6.92 Å². The van der Waals surface area contributed by atoms with E-state index in [1.165, 1.54) is 17.9 Å². The van der Waals surface area contributed by atoms with Crippen LogP contribution in [-0.4, -0.2) is 47.0 Å². The van der Waals surface area contributed by atoms with Crippen molar-refractivity contribution in [2.24, 2.45) is 0 Å². The molecular weight excluding hydrogens is 292 g/mol. The van der Waals surface area contributed by atoms with E-state index in [-0.39, 0.29) is 24.3 Å². The third-order valence-corrected chi connectivity index (χ3v) is 3.91. The Morgan fingerprint density at radius 1 is 1.32 bits per heavy atom. The Labute approximate surface area is 126 Å². The minimum Gasteiger partial charge on any atom is -0.353 e. The summed E-state index contributed by atoms with van der Waals surface area (Å²) in [4.78, 5) is 25.6. The van der Waals surface area contributed by atoms with Crippen molar-refractivity contribution in [3.63, 3.8) is 0 Å². The largest absolute Gasteiger partial charge is 0.353 e. The van der Waals surface area contributed by atoms with Crippen molar-refractivity contribution in [3.05, 3.63) is 32.6 Å². The third kappa shape index (κ3) is 2.63. The Hall–Kier alpha value is -1.48. The number of nitrogens with zero attached hydrogens (tertiary/aromatic N) is 1. The summed E-state index contributed by atoms with van der Waals surface area (Å²) in [7, 11) is 1.54. The van der Waals surface area contributed by atoms with Gasteiger partial charge in [-0.3, -0.25) is 14.3 Å². The lowest BCUT2D eigenvalue weighted by Crippen LogP contribution is -2.38. The Morgan fingerprint density at radius 3 is 2.68 bits per heavy atom. The first-order valence-corrected chi connectivity index (χ1v) is 7.15. The monoisotopic (exact) mass is 312 g/mol. The molecule has 0 bridgehead atoms. The number of H-pyrrole nitrogens is 1. The Balaban J connectivity index is 1.85. The van der Waals surface area contributed by atoms with Crippen molar-refractivity contribution in [1.29, 1.82) is 0 Å². The maximum absolute atomic E-state index is 11.9. The number of fused-ring (bicyclic) bond motifs is 1. The molecule has 8 nitrogen and oxygen atoms in total. The predicted molar refractivity (Wildman–Crippen MR) is 75.6 cm³/mol. The number of hydrogen-bond donors (Lipinski definition) is 1. The van der Waals surface area contributed by atoms with Crippen molar-refractivity contribution >= 4 is 0 Å². The molecular formula is C14H20N2O6. The number of aromatic nitrogens is 2. The second-order valence-corrected chi connectivity index (χ2v) is 6.07. The summed E-state index contributed by atoms with van der Waals surface area (Å²) in [6, 6.07) is 0. The van der Waals surface area contributed by atoms with E-state index in [0.29, 0.717) is 5.56 Å². The number of rotatable bonds is 3. The Kier molecular flexibility index (Phi) is 3.72. The molecule has 1 aromatic heterocycles. The fourth-order valence-corrected chi connectivity index (χ4v) is 2.93. The molecule has 2 saturated heterocycles. The Morgan fingerprint density at radius 2 is 2.00 bits per heavy atom. The van der Waals surface area contributed by atoms with Crippen molar-refractivity contribution in [3.8, 4) is 0 Å². The molecule has 0 unspecified atom stereocenters. The van der Waals surface area contributed by atoms with Gasteiger partial charge in [-0.1, -0.05) is 0 Å². The van der Waals surface area contributed by atoms with Crippen LogP contribution in [0.25, 0.3) is 0 Å². The molecule has 2 aliphatic heterocycles. The molecule has 22 heavy (non-hydrogen) atoms. The molecule has 122 valence electrons. The fourth-order valence-electron chi connectivity index (χ4n) is 2.93. The molecule has 0 amide bonds. The van der Waals surface area contributed by atoms with E-state index >= 15 is 0 Å². The zero-order valence-corrected chi connectivity index (χ0v) is 13.0. The smallest absolute Gasteiger partial charge is 0.328 e. The van der Waals surface area contributed by atoms with Crippen molar-refractivity contribution in [2.45, 2.75) is 57.7 Å². The number of aryl methyl sites for hydroxylation is 1. The van der Waals surface area contributed by atoms with Gasteiger partial charge in [0.1, 0.15) is 18.3 Å². The molecule has 2 aliphatic rings. The van der Waals surface area contributed by atoms with Crippen LogP contribution in [0.1, 0.15) is 19.4 Å². The first-order chi connectivity index (χ1) is 10.3. The van der Waals surface area contributed by atoms with Crippen LogP contribution < -0.4 is 11.2 Å². The molecule has 0 aliphatic carbocycles. The molecule has 0 spiro atoms. The van der Waals surface area contributed by atoms with Crippen LogP contribution in [-0.2, 0) is 25.5 Å². The molecule has 1 aromatic rings. The topological polar surface area (TPSA) is 91.8 Å². The lowest BCUT2D eigenvalue weighted by atomic mass is 10.1. The van der Waals surface area contributed by atoms with Crippen LogP contribution in [0.2, 0.25) is 0 Å². The highest BCUT2D eigenvalue weighted by Crippen LogP contribution is 2.39. The van der Waals surface area contributed by atoms with Crippen LogP contribution in [0.3, 0.4) is 0 Å². The van der Waals surface area contributed by atoms with Crippen molar-refractivity contribution in [2.75, 3.05) is 7.11 Å². The first kappa shape index (κ1) is 15.4. The van der Waals surface area contributed by atoms with Gasteiger partial charge in [-0.05, 0) is 20.8 Å². The minimum atomic E-state index is -0.722. The molecule has 3 rings (SSSR count). The molecule has 0 saturated carbocycles. The fraction of sp³-hybridized carbons (Fsp3) is 0.714. The minimum absolute atomic E-state index is 0.247. The number of nitrogens with one attached hydrogen (secondary N) is 1. The second kappa shape index (κ2) is 5.31. The summed E-state index contributed by atoms with van der Waals surface area (Å²) in [5.74, 6) is -0.722. The van der Waals surface area contributed by atoms with Crippen molar-refractivity contribution in [1.82, 2.24) is 9.55 Å². The summed E-state index contributed by atoms with van der Waals surface area (Å²) in [5, 5.41) is 0. The van der Waals surface area contributed by atoms with Crippen LogP contribution in [0.5, 0.6) is 0 Å². The van der Waals surface area contributed by atoms with E-state index in [1.54, 1.807) is 6.92 Å². The van der Waals surface area contributed by atoms with Gasteiger partial charge >= 0.3 is 5.69 Å². The molecule has 2 fully saturated rings. The average molecular weight is 312 g/mol. The third-order valence-electron chi connectivity index (χ3n) is 3.91.